The molecule has 0 spiro atoms. The molecule has 208 valence electrons. The number of hydrogen-bond donors (Lipinski definition) is 1. The minimum atomic E-state index is -3.64. The normalized spacial score (nSPS) is 14.7. The predicted molar refractivity (Wildman–Crippen MR) is 151 cm³/mol. The zero-order chi connectivity index (χ0) is 27.9. The molecule has 8 nitrogen and oxygen atoms in total. The van der Waals surface area contributed by atoms with Crippen LogP contribution in [0.5, 0.6) is 5.75 Å². The first kappa shape index (κ1) is 30.1. The van der Waals surface area contributed by atoms with Crippen molar-refractivity contribution in [2.45, 2.75) is 64.1 Å². The average molecular weight is 585 g/mol. The van der Waals surface area contributed by atoms with E-state index in [9.17, 15) is 18.0 Å². The van der Waals surface area contributed by atoms with Crippen LogP contribution >= 0.6 is 23.2 Å². The summed E-state index contributed by atoms with van der Waals surface area (Å²) in [6.45, 7) is 1.89. The number of benzene rings is 2. The van der Waals surface area contributed by atoms with E-state index < -0.39 is 16.1 Å². The zero-order valence-electron chi connectivity index (χ0n) is 22.0. The molecule has 3 rings (SSSR count). The smallest absolute Gasteiger partial charge is 0.242 e. The Hall–Kier alpha value is -2.49. The molecule has 1 N–H and O–H groups in total. The zero-order valence-corrected chi connectivity index (χ0v) is 24.3. The Bertz CT molecular complexity index is 1230. The van der Waals surface area contributed by atoms with Crippen molar-refractivity contribution in [3.63, 3.8) is 0 Å². The van der Waals surface area contributed by atoms with Crippen molar-refractivity contribution in [1.82, 2.24) is 10.2 Å². The lowest BCUT2D eigenvalue weighted by molar-refractivity contribution is -0.140. The lowest BCUT2D eigenvalue weighted by Gasteiger charge is -2.30. The van der Waals surface area contributed by atoms with Gasteiger partial charge in [-0.15, -0.1) is 0 Å². The van der Waals surface area contributed by atoms with E-state index in [1.807, 2.05) is 0 Å². The summed E-state index contributed by atoms with van der Waals surface area (Å²) >= 11 is 12.4. The quantitative estimate of drug-likeness (QED) is 0.378. The second kappa shape index (κ2) is 13.5. The third kappa shape index (κ3) is 8.01. The molecule has 2 aromatic rings. The Morgan fingerprint density at radius 2 is 1.82 bits per heavy atom. The number of ether oxygens (including phenoxy) is 1. The molecule has 2 amide bonds. The van der Waals surface area contributed by atoms with Crippen LogP contribution in [0, 0.1) is 0 Å². The molecule has 0 heterocycles. The number of hydrogen-bond acceptors (Lipinski definition) is 5. The highest BCUT2D eigenvalue weighted by Crippen LogP contribution is 2.30. The van der Waals surface area contributed by atoms with Crippen molar-refractivity contribution in [3.05, 3.63) is 58.1 Å². The third-order valence-corrected chi connectivity index (χ3v) is 8.50. The first-order chi connectivity index (χ1) is 18.0. The van der Waals surface area contributed by atoms with E-state index in [0.29, 0.717) is 27.0 Å². The van der Waals surface area contributed by atoms with Gasteiger partial charge in [0.25, 0.3) is 0 Å². The van der Waals surface area contributed by atoms with Crippen molar-refractivity contribution in [2.75, 3.05) is 24.2 Å². The number of carbonyl (C=O) groups excluding carboxylic acids is 2. The maximum Gasteiger partial charge on any atom is 0.242 e. The highest BCUT2D eigenvalue weighted by Gasteiger charge is 2.29. The lowest BCUT2D eigenvalue weighted by atomic mass is 10.1. The molecule has 1 atom stereocenters. The Morgan fingerprint density at radius 1 is 1.13 bits per heavy atom. The number of anilines is 1. The molecule has 0 aromatic heterocycles. The number of methoxy groups -OCH3 is 1. The average Bonchev–Trinajstić information content (AvgIpc) is 3.38. The van der Waals surface area contributed by atoms with Gasteiger partial charge in [-0.25, -0.2) is 8.42 Å². The summed E-state index contributed by atoms with van der Waals surface area (Å²) in [5.74, 6) is -0.0823. The number of rotatable bonds is 12. The van der Waals surface area contributed by atoms with Gasteiger partial charge in [0, 0.05) is 35.6 Å². The summed E-state index contributed by atoms with van der Waals surface area (Å²) in [6.07, 6.45) is 5.40. The molecule has 2 aromatic carbocycles. The highest BCUT2D eigenvalue weighted by molar-refractivity contribution is 7.92. The summed E-state index contributed by atoms with van der Waals surface area (Å²) in [4.78, 5) is 28.1. The van der Waals surface area contributed by atoms with Crippen molar-refractivity contribution >= 4 is 50.7 Å². The van der Waals surface area contributed by atoms with Crippen LogP contribution < -0.4 is 14.4 Å². The summed E-state index contributed by atoms with van der Waals surface area (Å²) in [5, 5.41) is 3.94. The van der Waals surface area contributed by atoms with Crippen LogP contribution in [0.25, 0.3) is 0 Å². The molecule has 1 unspecified atom stereocenters. The Morgan fingerprint density at radius 3 is 2.45 bits per heavy atom. The van der Waals surface area contributed by atoms with Crippen LogP contribution in [0.15, 0.2) is 42.5 Å². The number of carbonyl (C=O) groups is 2. The molecule has 1 aliphatic rings. The molecule has 0 bridgehead atoms. The monoisotopic (exact) mass is 583 g/mol. The third-order valence-electron chi connectivity index (χ3n) is 6.73. The van der Waals surface area contributed by atoms with Crippen molar-refractivity contribution in [1.29, 1.82) is 0 Å². The van der Waals surface area contributed by atoms with E-state index in [1.165, 1.54) is 16.3 Å². The molecule has 38 heavy (non-hydrogen) atoms. The van der Waals surface area contributed by atoms with Crippen molar-refractivity contribution in [3.8, 4) is 5.75 Å². The van der Waals surface area contributed by atoms with E-state index in [2.05, 4.69) is 5.32 Å². The van der Waals surface area contributed by atoms with E-state index >= 15 is 0 Å². The number of amides is 2. The fourth-order valence-corrected chi connectivity index (χ4v) is 6.06. The molecular formula is C27H35Cl2N3O5S. The van der Waals surface area contributed by atoms with Gasteiger partial charge in [-0.1, -0.05) is 54.2 Å². The molecule has 1 aliphatic carbocycles. The SMILES string of the molecule is COc1ccccc1N(CCCC(=O)N(Cc1ccc(Cl)cc1Cl)C(C)C(=O)NC1CCCC1)S(C)(=O)=O. The molecule has 0 aliphatic heterocycles. The Kier molecular flexibility index (Phi) is 10.7. The van der Waals surface area contributed by atoms with Crippen LogP contribution in [0.3, 0.4) is 0 Å². The molecule has 0 radical (unpaired) electrons. The van der Waals surface area contributed by atoms with Crippen molar-refractivity contribution < 1.29 is 22.7 Å². The van der Waals surface area contributed by atoms with E-state index in [-0.39, 0.29) is 43.8 Å². The second-order valence-electron chi connectivity index (χ2n) is 9.53. The van der Waals surface area contributed by atoms with E-state index in [4.69, 9.17) is 27.9 Å². The summed E-state index contributed by atoms with van der Waals surface area (Å²) in [6, 6.07) is 11.2. The number of para-hydroxylation sites is 2. The number of halogens is 2. The van der Waals surface area contributed by atoms with Gasteiger partial charge in [0.15, 0.2) is 0 Å². The van der Waals surface area contributed by atoms with Crippen LogP contribution in [-0.4, -0.2) is 57.1 Å². The Labute approximate surface area is 235 Å². The molecule has 0 saturated heterocycles. The molecule has 1 fully saturated rings. The van der Waals surface area contributed by atoms with Crippen molar-refractivity contribution in [2.24, 2.45) is 0 Å². The number of nitrogens with one attached hydrogen (secondary N) is 1. The number of nitrogens with zero attached hydrogens (tertiary/aromatic N) is 2. The van der Waals surface area contributed by atoms with Crippen LogP contribution in [0.2, 0.25) is 10.0 Å². The number of sulfonamides is 1. The largest absolute Gasteiger partial charge is 0.495 e. The fourth-order valence-electron chi connectivity index (χ4n) is 4.63. The topological polar surface area (TPSA) is 96.0 Å². The van der Waals surface area contributed by atoms with Gasteiger partial charge >= 0.3 is 0 Å². The molecular weight excluding hydrogens is 549 g/mol. The van der Waals surface area contributed by atoms with E-state index in [1.54, 1.807) is 49.4 Å². The van der Waals surface area contributed by atoms with E-state index in [0.717, 1.165) is 31.9 Å². The fraction of sp³-hybridized carbons (Fsp3) is 0.481. The predicted octanol–water partition coefficient (Wildman–Crippen LogP) is 5.02. The highest BCUT2D eigenvalue weighted by atomic mass is 35.5. The maximum atomic E-state index is 13.5. The van der Waals surface area contributed by atoms with Gasteiger partial charge in [-0.2, -0.15) is 0 Å². The van der Waals surface area contributed by atoms with Gasteiger partial charge in [-0.05, 0) is 56.0 Å². The molecule has 11 heteroatoms. The van der Waals surface area contributed by atoms with Gasteiger partial charge in [0.2, 0.25) is 21.8 Å². The van der Waals surface area contributed by atoms with Crippen LogP contribution in [0.1, 0.15) is 51.0 Å². The maximum absolute atomic E-state index is 13.5. The standard InChI is InChI=1S/C27H35Cl2N3O5S/c1-19(27(34)30-22-9-4-5-10-22)31(18-20-14-15-21(28)17-23(20)29)26(33)13-8-16-32(38(3,35)36)24-11-6-7-12-25(24)37-2/h6-7,11-12,14-15,17,19,22H,4-5,8-10,13,16,18H2,1-3H3,(H,30,34). The Balaban J connectivity index is 1.76. The minimum absolute atomic E-state index is 0.0351. The summed E-state index contributed by atoms with van der Waals surface area (Å²) < 4.78 is 31.7. The second-order valence-corrected chi connectivity index (χ2v) is 12.3. The summed E-state index contributed by atoms with van der Waals surface area (Å²) in [7, 11) is -2.16. The van der Waals surface area contributed by atoms with Gasteiger partial charge in [0.1, 0.15) is 11.8 Å². The van der Waals surface area contributed by atoms with Crippen LogP contribution in [-0.2, 0) is 26.2 Å². The summed E-state index contributed by atoms with van der Waals surface area (Å²) in [5.41, 5.74) is 1.07. The molecule has 1 saturated carbocycles. The van der Waals surface area contributed by atoms with Crippen LogP contribution in [0.4, 0.5) is 5.69 Å². The van der Waals surface area contributed by atoms with Gasteiger partial charge in [-0.3, -0.25) is 13.9 Å². The van der Waals surface area contributed by atoms with Gasteiger partial charge in [0.05, 0.1) is 19.1 Å². The van der Waals surface area contributed by atoms with Gasteiger partial charge < -0.3 is 15.0 Å². The lowest BCUT2D eigenvalue weighted by Crippen LogP contribution is -2.49. The minimum Gasteiger partial charge on any atom is -0.495 e. The first-order valence-corrected chi connectivity index (χ1v) is 15.3. The first-order valence-electron chi connectivity index (χ1n) is 12.7.